The minimum absolute atomic E-state index is 0.824. The van der Waals surface area contributed by atoms with Gasteiger partial charge in [-0.05, 0) is 119 Å². The molecule has 0 fully saturated rings. The quantitative estimate of drug-likeness (QED) is 0.173. The number of benzene rings is 7. The van der Waals surface area contributed by atoms with Crippen LogP contribution in [0.3, 0.4) is 0 Å². The molecule has 4 heteroatoms. The molecule has 0 atom stereocenters. The van der Waals surface area contributed by atoms with E-state index < -0.39 is 0 Å². The highest BCUT2D eigenvalue weighted by atomic mass is 16.3. The van der Waals surface area contributed by atoms with Crippen molar-refractivity contribution in [2.45, 2.75) is 0 Å². The molecule has 2 aromatic heterocycles. The highest BCUT2D eigenvalue weighted by molar-refractivity contribution is 5.97. The van der Waals surface area contributed by atoms with Crippen LogP contribution in [0.5, 0.6) is 0 Å². The van der Waals surface area contributed by atoms with Crippen molar-refractivity contribution in [3.63, 3.8) is 0 Å². The zero-order valence-electron chi connectivity index (χ0n) is 27.1. The van der Waals surface area contributed by atoms with Gasteiger partial charge in [-0.2, -0.15) is 0 Å². The van der Waals surface area contributed by atoms with Gasteiger partial charge in [0.2, 0.25) is 0 Å². The molecule has 0 saturated heterocycles. The van der Waals surface area contributed by atoms with Gasteiger partial charge in [0.15, 0.2) is 0 Å². The average molecular weight is 645 g/mol. The second-order valence-corrected chi connectivity index (χ2v) is 12.4. The lowest BCUT2D eigenvalue weighted by atomic mass is 10.1. The van der Waals surface area contributed by atoms with E-state index in [0.29, 0.717) is 0 Å². The number of fused-ring (bicyclic) bond motifs is 2. The van der Waals surface area contributed by atoms with E-state index in [9.17, 15) is 0 Å². The summed E-state index contributed by atoms with van der Waals surface area (Å²) in [5.41, 5.74) is 12.6. The lowest BCUT2D eigenvalue weighted by Crippen LogP contribution is -1.90. The summed E-state index contributed by atoms with van der Waals surface area (Å²) in [6.45, 7) is 0. The highest BCUT2D eigenvalue weighted by Gasteiger charge is 2.12. The van der Waals surface area contributed by atoms with E-state index in [1.54, 1.807) is 0 Å². The third kappa shape index (κ3) is 6.02. The topological polar surface area (TPSA) is 50.3 Å². The Hall–Kier alpha value is -6.78. The summed E-state index contributed by atoms with van der Waals surface area (Å²) < 4.78 is 12.6. The van der Waals surface area contributed by atoms with Crippen LogP contribution >= 0.6 is 0 Å². The molecular formula is C46H32N2O2. The van der Waals surface area contributed by atoms with Crippen molar-refractivity contribution in [2.75, 3.05) is 10.6 Å². The predicted molar refractivity (Wildman–Crippen MR) is 207 cm³/mol. The van der Waals surface area contributed by atoms with Crippen molar-refractivity contribution in [3.05, 3.63) is 182 Å². The fraction of sp³-hybridized carbons (Fsp3) is 0. The van der Waals surface area contributed by atoms with Crippen LogP contribution in [0.4, 0.5) is 22.7 Å². The van der Waals surface area contributed by atoms with E-state index in [1.165, 1.54) is 22.3 Å². The molecule has 0 saturated carbocycles. The first kappa shape index (κ1) is 29.4. The van der Waals surface area contributed by atoms with Crippen molar-refractivity contribution >= 4 is 44.7 Å². The molecule has 0 bridgehead atoms. The maximum atomic E-state index is 6.32. The Morgan fingerprint density at radius 1 is 0.280 bits per heavy atom. The van der Waals surface area contributed by atoms with E-state index >= 15 is 0 Å². The number of anilines is 4. The molecule has 238 valence electrons. The van der Waals surface area contributed by atoms with Crippen molar-refractivity contribution in [3.8, 4) is 44.9 Å². The molecule has 0 aliphatic heterocycles. The lowest BCUT2D eigenvalue weighted by molar-refractivity contribution is 0.627. The van der Waals surface area contributed by atoms with E-state index in [-0.39, 0.29) is 0 Å². The third-order valence-corrected chi connectivity index (χ3v) is 9.06. The van der Waals surface area contributed by atoms with Gasteiger partial charge >= 0.3 is 0 Å². The summed E-state index contributed by atoms with van der Waals surface area (Å²) in [5, 5.41) is 9.01. The van der Waals surface area contributed by atoms with Crippen LogP contribution in [0.1, 0.15) is 0 Å². The Kier molecular flexibility index (Phi) is 7.45. The van der Waals surface area contributed by atoms with E-state index in [0.717, 1.165) is 67.3 Å². The highest BCUT2D eigenvalue weighted by Crippen LogP contribution is 2.36. The molecule has 9 aromatic rings. The summed E-state index contributed by atoms with van der Waals surface area (Å²) in [4.78, 5) is 0. The Bertz CT molecular complexity index is 2300. The molecule has 0 radical (unpaired) electrons. The average Bonchev–Trinajstić information content (AvgIpc) is 3.79. The van der Waals surface area contributed by atoms with Gasteiger partial charge in [-0.3, -0.25) is 0 Å². The molecule has 0 unspecified atom stereocenters. The van der Waals surface area contributed by atoms with Gasteiger partial charge < -0.3 is 19.5 Å². The van der Waals surface area contributed by atoms with Crippen molar-refractivity contribution < 1.29 is 8.83 Å². The van der Waals surface area contributed by atoms with Crippen LogP contribution < -0.4 is 10.6 Å². The maximum Gasteiger partial charge on any atom is 0.135 e. The van der Waals surface area contributed by atoms with Gasteiger partial charge in [0.25, 0.3) is 0 Å². The number of rotatable bonds is 8. The van der Waals surface area contributed by atoms with Gasteiger partial charge in [0, 0.05) is 44.6 Å². The summed E-state index contributed by atoms with van der Waals surface area (Å²) in [5.74, 6) is 1.65. The first-order valence-electron chi connectivity index (χ1n) is 16.7. The zero-order valence-corrected chi connectivity index (χ0v) is 27.1. The molecule has 0 amide bonds. The molecule has 2 heterocycles. The second-order valence-electron chi connectivity index (χ2n) is 12.4. The van der Waals surface area contributed by atoms with Crippen LogP contribution in [-0.2, 0) is 0 Å². The molecule has 50 heavy (non-hydrogen) atoms. The summed E-state index contributed by atoms with van der Waals surface area (Å²) in [7, 11) is 0. The van der Waals surface area contributed by atoms with Crippen LogP contribution in [0.2, 0.25) is 0 Å². The summed E-state index contributed by atoms with van der Waals surface area (Å²) in [6, 6.07) is 62.7. The normalized spacial score (nSPS) is 11.2. The van der Waals surface area contributed by atoms with Crippen LogP contribution in [0.25, 0.3) is 66.8 Å². The van der Waals surface area contributed by atoms with E-state index in [2.05, 4.69) is 180 Å². The Labute approximate surface area is 290 Å². The predicted octanol–water partition coefficient (Wildman–Crippen LogP) is 13.3. The second kappa shape index (κ2) is 12.7. The summed E-state index contributed by atoms with van der Waals surface area (Å²) >= 11 is 0. The Balaban J connectivity index is 0.872. The standard InChI is InChI=1S/C46H32N2O2/c1-3-7-31(8-4-1)33-11-19-39(20-12-33)47-41-23-15-35(16-24-41)43-27-37-29-46-38(30-45(37)49-43)28-44(50-46)36-17-25-42(26-18-36)48-40-21-13-34(14-22-40)32-9-5-2-6-10-32/h1-30,47-48H. The third-order valence-electron chi connectivity index (χ3n) is 9.06. The molecule has 7 aromatic carbocycles. The van der Waals surface area contributed by atoms with E-state index in [4.69, 9.17) is 8.83 Å². The molecule has 0 aliphatic rings. The first-order valence-corrected chi connectivity index (χ1v) is 16.7. The molecule has 9 rings (SSSR count). The Morgan fingerprint density at radius 2 is 0.580 bits per heavy atom. The largest absolute Gasteiger partial charge is 0.456 e. The molecular weight excluding hydrogens is 613 g/mol. The number of hydrogen-bond acceptors (Lipinski definition) is 4. The molecule has 2 N–H and O–H groups in total. The zero-order chi connectivity index (χ0) is 33.3. The fourth-order valence-corrected chi connectivity index (χ4v) is 6.38. The summed E-state index contributed by atoms with van der Waals surface area (Å²) in [6.07, 6.45) is 0. The van der Waals surface area contributed by atoms with Gasteiger partial charge in [-0.1, -0.05) is 84.9 Å². The van der Waals surface area contributed by atoms with Crippen molar-refractivity contribution in [1.29, 1.82) is 0 Å². The van der Waals surface area contributed by atoms with Gasteiger partial charge in [-0.25, -0.2) is 0 Å². The van der Waals surface area contributed by atoms with E-state index in [1.807, 2.05) is 12.1 Å². The monoisotopic (exact) mass is 644 g/mol. The molecule has 0 spiro atoms. The van der Waals surface area contributed by atoms with Crippen molar-refractivity contribution in [1.82, 2.24) is 0 Å². The lowest BCUT2D eigenvalue weighted by Gasteiger charge is -2.08. The van der Waals surface area contributed by atoms with Gasteiger partial charge in [0.1, 0.15) is 22.7 Å². The van der Waals surface area contributed by atoms with Crippen LogP contribution in [-0.4, -0.2) is 0 Å². The minimum Gasteiger partial charge on any atom is -0.456 e. The number of furan rings is 2. The first-order chi connectivity index (χ1) is 24.7. The minimum atomic E-state index is 0.824. The molecule has 0 aliphatic carbocycles. The smallest absolute Gasteiger partial charge is 0.135 e. The van der Waals surface area contributed by atoms with Crippen molar-refractivity contribution in [2.24, 2.45) is 0 Å². The fourth-order valence-electron chi connectivity index (χ4n) is 6.38. The number of hydrogen-bond donors (Lipinski definition) is 2. The van der Waals surface area contributed by atoms with Crippen LogP contribution in [0.15, 0.2) is 191 Å². The van der Waals surface area contributed by atoms with Gasteiger partial charge in [-0.15, -0.1) is 0 Å². The SMILES string of the molecule is c1ccc(-c2ccc(Nc3ccc(-c4cc5cc6oc(-c7ccc(Nc8ccc(-c9ccccc9)cc8)cc7)cc6cc5o4)cc3)cc2)cc1. The maximum absolute atomic E-state index is 6.32. The number of nitrogens with one attached hydrogen (secondary N) is 2. The van der Waals surface area contributed by atoms with Gasteiger partial charge in [0.05, 0.1) is 0 Å². The molecule has 4 nitrogen and oxygen atoms in total. The Morgan fingerprint density at radius 3 is 0.920 bits per heavy atom. The van der Waals surface area contributed by atoms with Crippen LogP contribution in [0, 0.1) is 0 Å².